The molecule has 0 radical (unpaired) electrons. The minimum Gasteiger partial charge on any atom is -0.376 e. The maximum absolute atomic E-state index is 14.9. The Morgan fingerprint density at radius 2 is 1.86 bits per heavy atom. The third-order valence-electron chi connectivity index (χ3n) is 6.61. The van der Waals surface area contributed by atoms with Crippen molar-refractivity contribution in [1.29, 1.82) is 0 Å². The average Bonchev–Trinajstić information content (AvgIpc) is 2.59. The first-order valence-corrected chi connectivity index (χ1v) is 10.0. The summed E-state index contributed by atoms with van der Waals surface area (Å²) in [4.78, 5) is 18.8. The molecule has 4 atom stereocenters. The zero-order valence-electron chi connectivity index (χ0n) is 17.8. The van der Waals surface area contributed by atoms with Gasteiger partial charge in [0, 0.05) is 12.6 Å². The Bertz CT molecular complexity index is 797. The predicted molar refractivity (Wildman–Crippen MR) is 108 cm³/mol. The number of nitrogens with zero attached hydrogens (tertiary/aromatic N) is 2. The van der Waals surface area contributed by atoms with Crippen LogP contribution in [0.3, 0.4) is 0 Å². The largest absolute Gasteiger partial charge is 0.376 e. The smallest absolute Gasteiger partial charge is 0.237 e. The standard InChI is InChI=1S/C22H32FN3O2/c1-13-9-16(10-14(2)28-13)11-15-7-8-18(23)17(12-15)22(5)21(3,4)19(27)26(6)20(24)25-22/h7-8,12-14,16H,9-11H2,1-6H3,(H2,24,25)/t13-,14+,16?,22-/m1/s1. The van der Waals surface area contributed by atoms with E-state index in [1.54, 1.807) is 27.8 Å². The Balaban J connectivity index is 1.98. The SMILES string of the molecule is C[C@@H]1CC(Cc2ccc(F)c([C@@]3(C)N=C(N)N(C)C(=O)C3(C)C)c2)C[C@H](C)O1. The molecule has 0 aromatic heterocycles. The van der Waals surface area contributed by atoms with E-state index in [0.717, 1.165) is 24.8 Å². The van der Waals surface area contributed by atoms with Crippen molar-refractivity contribution in [3.8, 4) is 0 Å². The van der Waals surface area contributed by atoms with Crippen molar-refractivity contribution in [2.24, 2.45) is 22.1 Å². The zero-order valence-corrected chi connectivity index (χ0v) is 17.8. The number of hydrogen-bond donors (Lipinski definition) is 1. The van der Waals surface area contributed by atoms with E-state index in [-0.39, 0.29) is 29.9 Å². The molecule has 2 aliphatic rings. The van der Waals surface area contributed by atoms with Crippen LogP contribution in [0.2, 0.25) is 0 Å². The summed E-state index contributed by atoms with van der Waals surface area (Å²) in [7, 11) is 1.60. The first kappa shape index (κ1) is 20.8. The Labute approximate surface area is 167 Å². The number of amides is 1. The second kappa shape index (κ2) is 7.14. The van der Waals surface area contributed by atoms with Gasteiger partial charge in [0.15, 0.2) is 5.96 Å². The molecule has 0 spiro atoms. The normalized spacial score (nSPS) is 33.0. The molecule has 1 fully saturated rings. The average molecular weight is 390 g/mol. The molecule has 0 saturated carbocycles. The molecule has 6 heteroatoms. The van der Waals surface area contributed by atoms with Crippen LogP contribution >= 0.6 is 0 Å². The summed E-state index contributed by atoms with van der Waals surface area (Å²) in [5, 5.41) is 0. The van der Waals surface area contributed by atoms with Crippen LogP contribution < -0.4 is 5.73 Å². The van der Waals surface area contributed by atoms with Gasteiger partial charge in [0.1, 0.15) is 11.4 Å². The number of benzene rings is 1. The van der Waals surface area contributed by atoms with Crippen LogP contribution in [0.25, 0.3) is 0 Å². The molecule has 5 nitrogen and oxygen atoms in total. The summed E-state index contributed by atoms with van der Waals surface area (Å²) in [6, 6.07) is 5.20. The van der Waals surface area contributed by atoms with Crippen LogP contribution in [-0.2, 0) is 21.5 Å². The van der Waals surface area contributed by atoms with Gasteiger partial charge < -0.3 is 10.5 Å². The maximum Gasteiger partial charge on any atom is 0.237 e. The molecule has 1 aromatic rings. The van der Waals surface area contributed by atoms with E-state index in [4.69, 9.17) is 10.5 Å². The van der Waals surface area contributed by atoms with Gasteiger partial charge in [-0.25, -0.2) is 9.38 Å². The number of halogens is 1. The predicted octanol–water partition coefficient (Wildman–Crippen LogP) is 3.60. The molecule has 1 unspecified atom stereocenters. The van der Waals surface area contributed by atoms with E-state index in [2.05, 4.69) is 18.8 Å². The highest BCUT2D eigenvalue weighted by Gasteiger charge is 2.53. The van der Waals surface area contributed by atoms with E-state index in [0.29, 0.717) is 11.5 Å². The van der Waals surface area contributed by atoms with Crippen LogP contribution in [0.1, 0.15) is 58.6 Å². The molecule has 0 bridgehead atoms. The van der Waals surface area contributed by atoms with Gasteiger partial charge in [-0.1, -0.05) is 12.1 Å². The summed E-state index contributed by atoms with van der Waals surface area (Å²) in [5.41, 5.74) is 5.47. The second-order valence-corrected chi connectivity index (χ2v) is 9.14. The van der Waals surface area contributed by atoms with Crippen molar-refractivity contribution in [3.63, 3.8) is 0 Å². The van der Waals surface area contributed by atoms with Gasteiger partial charge in [0.25, 0.3) is 0 Å². The fourth-order valence-corrected chi connectivity index (χ4v) is 4.69. The summed E-state index contributed by atoms with van der Waals surface area (Å²) in [6.07, 6.45) is 3.32. The molecule has 154 valence electrons. The fourth-order valence-electron chi connectivity index (χ4n) is 4.69. The third kappa shape index (κ3) is 3.43. The van der Waals surface area contributed by atoms with E-state index in [9.17, 15) is 9.18 Å². The lowest BCUT2D eigenvalue weighted by Crippen LogP contribution is -2.58. The summed E-state index contributed by atoms with van der Waals surface area (Å²) in [5.74, 6) is 0.0793. The minimum atomic E-state index is -1.07. The molecule has 1 amide bonds. The molecule has 2 heterocycles. The number of rotatable bonds is 3. The Kier molecular flexibility index (Phi) is 5.30. The first-order chi connectivity index (χ1) is 13.0. The monoisotopic (exact) mass is 389 g/mol. The number of hydrogen-bond acceptors (Lipinski definition) is 4. The third-order valence-corrected chi connectivity index (χ3v) is 6.61. The molecule has 2 aliphatic heterocycles. The highest BCUT2D eigenvalue weighted by atomic mass is 19.1. The Morgan fingerprint density at radius 1 is 1.25 bits per heavy atom. The highest BCUT2D eigenvalue weighted by molar-refractivity contribution is 6.01. The topological polar surface area (TPSA) is 67.9 Å². The van der Waals surface area contributed by atoms with Crippen molar-refractivity contribution >= 4 is 11.9 Å². The molecule has 2 N–H and O–H groups in total. The van der Waals surface area contributed by atoms with Gasteiger partial charge in [-0.3, -0.25) is 9.69 Å². The second-order valence-electron chi connectivity index (χ2n) is 9.14. The molecular formula is C22H32FN3O2. The summed E-state index contributed by atoms with van der Waals surface area (Å²) >= 11 is 0. The Hall–Kier alpha value is -1.95. The molecule has 0 aliphatic carbocycles. The van der Waals surface area contributed by atoms with E-state index in [1.807, 2.05) is 12.1 Å². The van der Waals surface area contributed by atoms with Gasteiger partial charge in [0.2, 0.25) is 5.91 Å². The Morgan fingerprint density at radius 3 is 2.46 bits per heavy atom. The van der Waals surface area contributed by atoms with Crippen LogP contribution in [0, 0.1) is 17.2 Å². The zero-order chi connectivity index (χ0) is 20.9. The van der Waals surface area contributed by atoms with Crippen molar-refractivity contribution < 1.29 is 13.9 Å². The lowest BCUT2D eigenvalue weighted by atomic mass is 9.67. The van der Waals surface area contributed by atoms with Crippen LogP contribution in [0.4, 0.5) is 4.39 Å². The minimum absolute atomic E-state index is 0.115. The van der Waals surface area contributed by atoms with Crippen molar-refractivity contribution in [2.45, 2.75) is 71.6 Å². The number of ether oxygens (including phenoxy) is 1. The van der Waals surface area contributed by atoms with Crippen LogP contribution in [-0.4, -0.2) is 36.0 Å². The number of carbonyl (C=O) groups is 1. The van der Waals surface area contributed by atoms with Crippen molar-refractivity contribution in [2.75, 3.05) is 7.05 Å². The molecule has 1 aromatic carbocycles. The van der Waals surface area contributed by atoms with Gasteiger partial charge in [-0.05, 0) is 71.4 Å². The molecular weight excluding hydrogens is 357 g/mol. The molecule has 3 rings (SSSR count). The van der Waals surface area contributed by atoms with E-state index in [1.165, 1.54) is 11.0 Å². The van der Waals surface area contributed by atoms with E-state index >= 15 is 0 Å². The van der Waals surface area contributed by atoms with Gasteiger partial charge in [-0.2, -0.15) is 0 Å². The summed E-state index contributed by atoms with van der Waals surface area (Å²) < 4.78 is 20.8. The van der Waals surface area contributed by atoms with E-state index < -0.39 is 11.0 Å². The highest BCUT2D eigenvalue weighted by Crippen LogP contribution is 2.47. The van der Waals surface area contributed by atoms with Crippen molar-refractivity contribution in [1.82, 2.24) is 4.90 Å². The van der Waals surface area contributed by atoms with Crippen LogP contribution in [0.5, 0.6) is 0 Å². The lowest BCUT2D eigenvalue weighted by molar-refractivity contribution is -0.140. The number of nitrogens with two attached hydrogens (primary N) is 1. The number of guanidine groups is 1. The van der Waals surface area contributed by atoms with Gasteiger partial charge >= 0.3 is 0 Å². The molecule has 28 heavy (non-hydrogen) atoms. The molecule has 1 saturated heterocycles. The van der Waals surface area contributed by atoms with Crippen LogP contribution in [0.15, 0.2) is 23.2 Å². The maximum atomic E-state index is 14.9. The number of carbonyl (C=O) groups excluding carboxylic acids is 1. The summed E-state index contributed by atoms with van der Waals surface area (Å²) in [6.45, 7) is 9.60. The first-order valence-electron chi connectivity index (χ1n) is 10.0. The van der Waals surface area contributed by atoms with Gasteiger partial charge in [0.05, 0.1) is 17.6 Å². The quantitative estimate of drug-likeness (QED) is 0.859. The fraction of sp³-hybridized carbons (Fsp3) is 0.636. The van der Waals surface area contributed by atoms with Gasteiger partial charge in [-0.15, -0.1) is 0 Å². The number of aliphatic imine (C=N–C) groups is 1. The van der Waals surface area contributed by atoms with Crippen molar-refractivity contribution in [3.05, 3.63) is 35.1 Å². The lowest BCUT2D eigenvalue weighted by Gasteiger charge is -2.46.